The lowest BCUT2D eigenvalue weighted by atomic mass is 9.97. The Kier molecular flexibility index (Phi) is 5.65. The van der Waals surface area contributed by atoms with Crippen molar-refractivity contribution in [1.29, 1.82) is 0 Å². The summed E-state index contributed by atoms with van der Waals surface area (Å²) in [6.45, 7) is 5.48. The van der Waals surface area contributed by atoms with Gasteiger partial charge in [-0.2, -0.15) is 0 Å². The highest BCUT2D eigenvalue weighted by Crippen LogP contribution is 2.39. The molecule has 4 rings (SSSR count). The second-order valence-electron chi connectivity index (χ2n) is 8.48. The molecule has 0 bridgehead atoms. The number of ether oxygens (including phenoxy) is 3. The van der Waals surface area contributed by atoms with Crippen molar-refractivity contribution in [1.82, 2.24) is 19.4 Å². The maximum atomic E-state index is 12.6. The summed E-state index contributed by atoms with van der Waals surface area (Å²) in [5.41, 5.74) is -0.672. The summed E-state index contributed by atoms with van der Waals surface area (Å²) >= 11 is 0. The fraction of sp³-hybridized carbons (Fsp3) is 0.524. The van der Waals surface area contributed by atoms with Gasteiger partial charge < -0.3 is 24.1 Å². The molecule has 2 aromatic rings. The molecule has 0 radical (unpaired) electrons. The number of amides is 1. The van der Waals surface area contributed by atoms with Crippen molar-refractivity contribution in [3.05, 3.63) is 66.8 Å². The van der Waals surface area contributed by atoms with Crippen LogP contribution < -0.4 is 22.1 Å². The average molecular weight is 446 g/mol. The first-order valence-corrected chi connectivity index (χ1v) is 10.3. The van der Waals surface area contributed by atoms with Gasteiger partial charge in [-0.15, -0.1) is 0 Å². The fourth-order valence-corrected chi connectivity index (χ4v) is 4.11. The molecule has 0 spiro atoms. The summed E-state index contributed by atoms with van der Waals surface area (Å²) in [5, 5.41) is 2.74. The Balaban J connectivity index is 1.52. The Morgan fingerprint density at radius 3 is 2.62 bits per heavy atom. The fourth-order valence-electron chi connectivity index (χ4n) is 4.11. The average Bonchev–Trinajstić information content (AvgIpc) is 3.06. The zero-order chi connectivity index (χ0) is 23.2. The van der Waals surface area contributed by atoms with Gasteiger partial charge in [-0.1, -0.05) is 0 Å². The van der Waals surface area contributed by atoms with E-state index in [0.29, 0.717) is 0 Å². The zero-order valence-corrected chi connectivity index (χ0v) is 18.3. The standard InChI is InChI=1S/C21H26N4O7/c1-11-5-6-12(19(28)24(11)4)18(27)22-9-14-17-16(31-21(2,3)32-17)13(10-30-14)25-8-7-15(26)23-20(25)29/h5-8,13-14,16-17H,9-10H2,1-4H3,(H,22,27)(H,23,26,29)/t13-,14-,16+,17-/m1/s1. The molecule has 4 heterocycles. The summed E-state index contributed by atoms with van der Waals surface area (Å²) in [5.74, 6) is -1.44. The number of nitrogens with zero attached hydrogens (tertiary/aromatic N) is 2. The van der Waals surface area contributed by atoms with E-state index in [1.807, 2.05) is 0 Å². The normalized spacial score (nSPS) is 26.5. The maximum absolute atomic E-state index is 12.6. The van der Waals surface area contributed by atoms with Gasteiger partial charge in [0.15, 0.2) is 5.79 Å². The number of carbonyl (C=O) groups excluding carboxylic acids is 1. The number of aryl methyl sites for hydroxylation is 1. The molecule has 32 heavy (non-hydrogen) atoms. The number of fused-ring (bicyclic) bond motifs is 1. The van der Waals surface area contributed by atoms with Crippen LogP contribution in [0.25, 0.3) is 0 Å². The van der Waals surface area contributed by atoms with Crippen molar-refractivity contribution in [3.8, 4) is 0 Å². The second kappa shape index (κ2) is 8.15. The van der Waals surface area contributed by atoms with Gasteiger partial charge in [-0.3, -0.25) is 23.9 Å². The smallest absolute Gasteiger partial charge is 0.328 e. The predicted octanol–water partition coefficient (Wildman–Crippen LogP) is -0.566. The molecule has 2 aliphatic rings. The van der Waals surface area contributed by atoms with Gasteiger partial charge in [0.1, 0.15) is 23.9 Å². The molecule has 11 heteroatoms. The van der Waals surface area contributed by atoms with Gasteiger partial charge in [0.05, 0.1) is 12.6 Å². The van der Waals surface area contributed by atoms with Crippen LogP contribution in [0.1, 0.15) is 35.9 Å². The topological polar surface area (TPSA) is 134 Å². The number of nitrogens with one attached hydrogen (secondary N) is 2. The summed E-state index contributed by atoms with van der Waals surface area (Å²) in [4.78, 5) is 50.9. The van der Waals surface area contributed by atoms with Crippen LogP contribution in [0, 0.1) is 6.92 Å². The molecule has 0 aromatic carbocycles. The highest BCUT2D eigenvalue weighted by Gasteiger charge is 2.52. The van der Waals surface area contributed by atoms with E-state index in [1.165, 1.54) is 27.5 Å². The first-order valence-electron chi connectivity index (χ1n) is 10.3. The van der Waals surface area contributed by atoms with Crippen LogP contribution in [0.2, 0.25) is 0 Å². The lowest BCUT2D eigenvalue weighted by Gasteiger charge is -2.37. The Hall–Kier alpha value is -3.02. The number of rotatable bonds is 4. The Bertz CT molecular complexity index is 1210. The molecule has 172 valence electrons. The van der Waals surface area contributed by atoms with Gasteiger partial charge in [-0.05, 0) is 32.9 Å². The number of aromatic nitrogens is 3. The third-order valence-corrected chi connectivity index (χ3v) is 5.86. The molecule has 4 atom stereocenters. The van der Waals surface area contributed by atoms with Crippen LogP contribution in [0.5, 0.6) is 0 Å². The number of hydrogen-bond acceptors (Lipinski definition) is 7. The van der Waals surface area contributed by atoms with Crippen molar-refractivity contribution in [3.63, 3.8) is 0 Å². The third-order valence-electron chi connectivity index (χ3n) is 5.86. The van der Waals surface area contributed by atoms with Crippen LogP contribution >= 0.6 is 0 Å². The minimum absolute atomic E-state index is 0.0343. The first-order chi connectivity index (χ1) is 15.1. The van der Waals surface area contributed by atoms with Crippen molar-refractivity contribution in [2.24, 2.45) is 7.05 Å². The van der Waals surface area contributed by atoms with E-state index in [4.69, 9.17) is 14.2 Å². The quantitative estimate of drug-likeness (QED) is 0.643. The van der Waals surface area contributed by atoms with E-state index < -0.39 is 47.3 Å². The van der Waals surface area contributed by atoms with Gasteiger partial charge in [0.25, 0.3) is 17.0 Å². The van der Waals surface area contributed by atoms with Crippen LogP contribution in [0.15, 0.2) is 38.8 Å². The van der Waals surface area contributed by atoms with Crippen LogP contribution in [0.3, 0.4) is 0 Å². The molecule has 1 amide bonds. The number of carbonyl (C=O) groups is 1. The van der Waals surface area contributed by atoms with Crippen LogP contribution in [-0.4, -0.2) is 57.3 Å². The van der Waals surface area contributed by atoms with Gasteiger partial charge in [0, 0.05) is 31.5 Å². The Morgan fingerprint density at radius 2 is 1.91 bits per heavy atom. The molecule has 2 aromatic heterocycles. The number of aromatic amines is 1. The minimum atomic E-state index is -0.928. The number of pyridine rings is 1. The van der Waals surface area contributed by atoms with Gasteiger partial charge in [0.2, 0.25) is 0 Å². The summed E-state index contributed by atoms with van der Waals surface area (Å²) < 4.78 is 20.8. The molecule has 0 saturated carbocycles. The molecule has 0 unspecified atom stereocenters. The minimum Gasteiger partial charge on any atom is -0.371 e. The van der Waals surface area contributed by atoms with Gasteiger partial charge in [-0.25, -0.2) is 4.79 Å². The van der Waals surface area contributed by atoms with E-state index in [-0.39, 0.29) is 24.3 Å². The second-order valence-corrected chi connectivity index (χ2v) is 8.48. The first kappa shape index (κ1) is 22.2. The SMILES string of the molecule is Cc1ccc(C(=O)NC[C@H]2OC[C@@H](n3ccc(=O)[nH]c3=O)[C@@H]3OC(C)(C)O[C@@H]32)c(=O)n1C. The van der Waals surface area contributed by atoms with Crippen molar-refractivity contribution >= 4 is 5.91 Å². The maximum Gasteiger partial charge on any atom is 0.328 e. The van der Waals surface area contributed by atoms with Gasteiger partial charge >= 0.3 is 5.69 Å². The van der Waals surface area contributed by atoms with Crippen LogP contribution in [-0.2, 0) is 21.3 Å². The van der Waals surface area contributed by atoms with E-state index in [1.54, 1.807) is 33.9 Å². The Morgan fingerprint density at radius 1 is 1.19 bits per heavy atom. The summed E-state index contributed by atoms with van der Waals surface area (Å²) in [7, 11) is 1.61. The zero-order valence-electron chi connectivity index (χ0n) is 18.3. The molecule has 2 saturated heterocycles. The summed E-state index contributed by atoms with van der Waals surface area (Å²) in [6.07, 6.45) is -0.286. The van der Waals surface area contributed by atoms with Crippen molar-refractivity contribution in [2.45, 2.75) is 50.9 Å². The van der Waals surface area contributed by atoms with Crippen molar-refractivity contribution < 1.29 is 19.0 Å². The number of H-pyrrole nitrogens is 1. The van der Waals surface area contributed by atoms with E-state index in [2.05, 4.69) is 10.3 Å². The van der Waals surface area contributed by atoms with E-state index in [0.717, 1.165) is 5.69 Å². The molecule has 2 N–H and O–H groups in total. The molecule has 0 aliphatic carbocycles. The molecular formula is C21H26N4O7. The third kappa shape index (κ3) is 4.06. The Labute approximate surface area is 182 Å². The summed E-state index contributed by atoms with van der Waals surface area (Å²) in [6, 6.07) is 3.93. The van der Waals surface area contributed by atoms with Crippen molar-refractivity contribution in [2.75, 3.05) is 13.2 Å². The predicted molar refractivity (Wildman–Crippen MR) is 113 cm³/mol. The monoisotopic (exact) mass is 446 g/mol. The molecule has 2 aliphatic heterocycles. The highest BCUT2D eigenvalue weighted by atomic mass is 16.8. The van der Waals surface area contributed by atoms with E-state index in [9.17, 15) is 19.2 Å². The highest BCUT2D eigenvalue weighted by molar-refractivity contribution is 5.93. The van der Waals surface area contributed by atoms with Crippen LogP contribution in [0.4, 0.5) is 0 Å². The lowest BCUT2D eigenvalue weighted by molar-refractivity contribution is -0.153. The number of hydrogen-bond donors (Lipinski definition) is 2. The molecule has 11 nitrogen and oxygen atoms in total. The lowest BCUT2D eigenvalue weighted by Crippen LogP contribution is -2.54. The van der Waals surface area contributed by atoms with E-state index >= 15 is 0 Å². The molecule has 2 fully saturated rings. The molecular weight excluding hydrogens is 420 g/mol. The largest absolute Gasteiger partial charge is 0.371 e.